The van der Waals surface area contributed by atoms with Gasteiger partial charge in [-0.05, 0) is 36.1 Å². The van der Waals surface area contributed by atoms with Crippen LogP contribution in [0.25, 0.3) is 0 Å². The van der Waals surface area contributed by atoms with Crippen LogP contribution >= 0.6 is 0 Å². The molecular weight excluding hydrogens is 288 g/mol. The third-order valence-electron chi connectivity index (χ3n) is 3.54. The van der Waals surface area contributed by atoms with Crippen LogP contribution in [0.2, 0.25) is 0 Å². The molecule has 4 nitrogen and oxygen atoms in total. The van der Waals surface area contributed by atoms with Gasteiger partial charge in [0.2, 0.25) is 5.91 Å². The molecule has 1 amide bonds. The zero-order valence-electron chi connectivity index (χ0n) is 13.6. The molecule has 0 radical (unpaired) electrons. The maximum absolute atomic E-state index is 11.3. The van der Waals surface area contributed by atoms with E-state index in [-0.39, 0.29) is 6.04 Å². The zero-order valence-corrected chi connectivity index (χ0v) is 13.6. The Kier molecular flexibility index (Phi) is 6.18. The summed E-state index contributed by atoms with van der Waals surface area (Å²) in [5, 5.41) is 15.0. The van der Waals surface area contributed by atoms with Crippen LogP contribution in [-0.4, -0.2) is 17.6 Å². The molecule has 0 fully saturated rings. The normalized spacial score (nSPS) is 12.0. The van der Waals surface area contributed by atoms with E-state index in [1.165, 1.54) is 5.56 Å². The van der Waals surface area contributed by atoms with Crippen molar-refractivity contribution in [3.8, 4) is 0 Å². The highest BCUT2D eigenvalue weighted by atomic mass is 16.3. The van der Waals surface area contributed by atoms with Gasteiger partial charge in [0.25, 0.3) is 0 Å². The Morgan fingerprint density at radius 3 is 2.39 bits per heavy atom. The average Bonchev–Trinajstić information content (AvgIpc) is 2.55. The first-order valence-electron chi connectivity index (χ1n) is 7.90. The lowest BCUT2D eigenvalue weighted by Crippen LogP contribution is -2.16. The van der Waals surface area contributed by atoms with Crippen molar-refractivity contribution in [2.75, 3.05) is 17.2 Å². The highest BCUT2D eigenvalue weighted by molar-refractivity contribution is 5.91. The van der Waals surface area contributed by atoms with Crippen molar-refractivity contribution in [3.05, 3.63) is 60.2 Å². The number of nitrogens with one attached hydrogen (secondary N) is 2. The van der Waals surface area contributed by atoms with Crippen molar-refractivity contribution >= 4 is 17.3 Å². The SMILES string of the molecule is CC(C)CC(Nc1cccc(NC(=O)CO)c1)c1ccccc1. The molecule has 0 aliphatic rings. The molecule has 2 aromatic rings. The minimum atomic E-state index is -0.516. The van der Waals surface area contributed by atoms with Gasteiger partial charge in [-0.3, -0.25) is 4.79 Å². The van der Waals surface area contributed by atoms with Crippen molar-refractivity contribution in [2.24, 2.45) is 5.92 Å². The van der Waals surface area contributed by atoms with Gasteiger partial charge in [-0.1, -0.05) is 50.2 Å². The number of benzene rings is 2. The summed E-state index contributed by atoms with van der Waals surface area (Å²) in [4.78, 5) is 11.3. The van der Waals surface area contributed by atoms with Crippen LogP contribution in [0.1, 0.15) is 31.9 Å². The van der Waals surface area contributed by atoms with Crippen molar-refractivity contribution in [2.45, 2.75) is 26.3 Å². The largest absolute Gasteiger partial charge is 0.387 e. The Bertz CT molecular complexity index is 626. The van der Waals surface area contributed by atoms with Crippen molar-refractivity contribution in [3.63, 3.8) is 0 Å². The fourth-order valence-electron chi connectivity index (χ4n) is 2.52. The molecule has 23 heavy (non-hydrogen) atoms. The number of amides is 1. The van der Waals surface area contributed by atoms with Gasteiger partial charge in [0.15, 0.2) is 0 Å². The molecule has 1 atom stereocenters. The van der Waals surface area contributed by atoms with Crippen LogP contribution in [0.5, 0.6) is 0 Å². The number of anilines is 2. The van der Waals surface area contributed by atoms with E-state index in [1.54, 1.807) is 6.07 Å². The van der Waals surface area contributed by atoms with E-state index >= 15 is 0 Å². The number of hydrogen-bond donors (Lipinski definition) is 3. The fraction of sp³-hybridized carbons (Fsp3) is 0.316. The smallest absolute Gasteiger partial charge is 0.250 e. The van der Waals surface area contributed by atoms with E-state index in [0.29, 0.717) is 11.6 Å². The number of aliphatic hydroxyl groups is 1. The number of aliphatic hydroxyl groups excluding tert-OH is 1. The maximum atomic E-state index is 11.3. The van der Waals surface area contributed by atoms with Gasteiger partial charge in [-0.2, -0.15) is 0 Å². The van der Waals surface area contributed by atoms with Crippen LogP contribution in [0, 0.1) is 5.92 Å². The van der Waals surface area contributed by atoms with Gasteiger partial charge in [0.1, 0.15) is 6.61 Å². The molecule has 0 saturated carbocycles. The Morgan fingerprint density at radius 1 is 1.04 bits per heavy atom. The maximum Gasteiger partial charge on any atom is 0.250 e. The minimum Gasteiger partial charge on any atom is -0.387 e. The molecule has 4 heteroatoms. The molecule has 122 valence electrons. The third kappa shape index (κ3) is 5.42. The molecule has 0 saturated heterocycles. The summed E-state index contributed by atoms with van der Waals surface area (Å²) in [6.07, 6.45) is 1.01. The average molecular weight is 312 g/mol. The first kappa shape index (κ1) is 17.0. The van der Waals surface area contributed by atoms with Crippen molar-refractivity contribution in [1.82, 2.24) is 0 Å². The summed E-state index contributed by atoms with van der Waals surface area (Å²) in [6, 6.07) is 18.1. The quantitative estimate of drug-likeness (QED) is 0.728. The second kappa shape index (κ2) is 8.34. The van der Waals surface area contributed by atoms with Gasteiger partial charge >= 0.3 is 0 Å². The summed E-state index contributed by atoms with van der Waals surface area (Å²) in [7, 11) is 0. The van der Waals surface area contributed by atoms with Gasteiger partial charge in [0.05, 0.1) is 6.04 Å². The van der Waals surface area contributed by atoms with Crippen LogP contribution in [0.3, 0.4) is 0 Å². The van der Waals surface area contributed by atoms with Gasteiger partial charge in [0, 0.05) is 11.4 Å². The first-order chi connectivity index (χ1) is 11.1. The van der Waals surface area contributed by atoms with E-state index in [1.807, 2.05) is 36.4 Å². The predicted octanol–water partition coefficient (Wildman–Crippen LogP) is 3.82. The first-order valence-corrected chi connectivity index (χ1v) is 7.90. The van der Waals surface area contributed by atoms with E-state index in [2.05, 4.69) is 36.6 Å². The number of hydrogen-bond acceptors (Lipinski definition) is 3. The van der Waals surface area contributed by atoms with E-state index in [9.17, 15) is 4.79 Å². The highest BCUT2D eigenvalue weighted by Crippen LogP contribution is 2.27. The molecular formula is C19H24N2O2. The summed E-state index contributed by atoms with van der Waals surface area (Å²) >= 11 is 0. The van der Waals surface area contributed by atoms with Gasteiger partial charge < -0.3 is 15.7 Å². The van der Waals surface area contributed by atoms with Crippen LogP contribution < -0.4 is 10.6 Å². The summed E-state index contributed by atoms with van der Waals surface area (Å²) < 4.78 is 0. The Hall–Kier alpha value is -2.33. The molecule has 1 unspecified atom stereocenters. The lowest BCUT2D eigenvalue weighted by molar-refractivity contribution is -0.118. The van der Waals surface area contributed by atoms with Crippen molar-refractivity contribution < 1.29 is 9.90 Å². The van der Waals surface area contributed by atoms with E-state index in [4.69, 9.17) is 5.11 Å². The third-order valence-corrected chi connectivity index (χ3v) is 3.54. The number of rotatable bonds is 7. The zero-order chi connectivity index (χ0) is 16.7. The lowest BCUT2D eigenvalue weighted by atomic mass is 9.96. The fourth-order valence-corrected chi connectivity index (χ4v) is 2.52. The molecule has 0 aliphatic heterocycles. The Balaban J connectivity index is 2.16. The second-order valence-corrected chi connectivity index (χ2v) is 6.02. The van der Waals surface area contributed by atoms with Crippen LogP contribution in [0.4, 0.5) is 11.4 Å². The van der Waals surface area contributed by atoms with Gasteiger partial charge in [-0.15, -0.1) is 0 Å². The molecule has 2 rings (SSSR count). The number of carbonyl (C=O) groups is 1. The van der Waals surface area contributed by atoms with E-state index in [0.717, 1.165) is 12.1 Å². The summed E-state index contributed by atoms with van der Waals surface area (Å²) in [6.45, 7) is 3.89. The van der Waals surface area contributed by atoms with Gasteiger partial charge in [-0.25, -0.2) is 0 Å². The highest BCUT2D eigenvalue weighted by Gasteiger charge is 2.13. The Morgan fingerprint density at radius 2 is 1.74 bits per heavy atom. The molecule has 0 aliphatic carbocycles. The lowest BCUT2D eigenvalue weighted by Gasteiger charge is -2.22. The second-order valence-electron chi connectivity index (χ2n) is 6.02. The van der Waals surface area contributed by atoms with Crippen LogP contribution in [0.15, 0.2) is 54.6 Å². The summed E-state index contributed by atoms with van der Waals surface area (Å²) in [5.74, 6) is 0.147. The molecule has 0 spiro atoms. The Labute approximate surface area is 137 Å². The monoisotopic (exact) mass is 312 g/mol. The summed E-state index contributed by atoms with van der Waals surface area (Å²) in [5.41, 5.74) is 2.85. The predicted molar refractivity (Wildman–Crippen MR) is 94.4 cm³/mol. The standard InChI is InChI=1S/C19H24N2O2/c1-14(2)11-18(15-7-4-3-5-8-15)20-16-9-6-10-17(12-16)21-19(23)13-22/h3-10,12,14,18,20,22H,11,13H2,1-2H3,(H,21,23). The van der Waals surface area contributed by atoms with Crippen molar-refractivity contribution in [1.29, 1.82) is 0 Å². The van der Waals surface area contributed by atoms with Crippen LogP contribution in [-0.2, 0) is 4.79 Å². The molecule has 0 aromatic heterocycles. The van der Waals surface area contributed by atoms with E-state index < -0.39 is 12.5 Å². The molecule has 0 bridgehead atoms. The molecule has 3 N–H and O–H groups in total. The minimum absolute atomic E-state index is 0.208. The topological polar surface area (TPSA) is 61.4 Å². The number of carbonyl (C=O) groups excluding carboxylic acids is 1. The molecule has 0 heterocycles. The molecule has 2 aromatic carbocycles.